The lowest BCUT2D eigenvalue weighted by atomic mass is 9.77. The van der Waals surface area contributed by atoms with Crippen molar-refractivity contribution >= 4 is 51.7 Å². The lowest BCUT2D eigenvalue weighted by Gasteiger charge is -2.53. The van der Waals surface area contributed by atoms with Gasteiger partial charge in [-0.15, -0.1) is 23.1 Å². The third-order valence-corrected chi connectivity index (χ3v) is 15.1. The van der Waals surface area contributed by atoms with E-state index in [1.807, 2.05) is 115 Å². The number of thiazole rings is 1. The number of oxime groups is 1. The maximum atomic E-state index is 14.8. The molecule has 3 N–H and O–H groups in total. The Bertz CT molecular complexity index is 3170. The zero-order valence-electron chi connectivity index (χ0n) is 38.8. The molecule has 360 valence electrons. The zero-order valence-corrected chi connectivity index (χ0v) is 40.4. The highest BCUT2D eigenvalue weighted by Crippen LogP contribution is 2.45. The Balaban J connectivity index is 0.898. The fourth-order valence-corrected chi connectivity index (χ4v) is 11.5. The molecule has 3 atom stereocenters. The van der Waals surface area contributed by atoms with Crippen molar-refractivity contribution in [2.75, 3.05) is 24.7 Å². The molecule has 1 aromatic heterocycles. The molecule has 4 aliphatic rings. The molecular weight excluding hydrogens is 947 g/mol. The molecule has 16 heteroatoms. The number of carbonyl (C=O) groups excluding carboxylic acids is 3. The van der Waals surface area contributed by atoms with Crippen LogP contribution in [-0.2, 0) is 36.0 Å². The number of nitrogens with zero attached hydrogens (tertiary/aromatic N) is 5. The third-order valence-electron chi connectivity index (χ3n) is 12.8. The average molecular weight is 994 g/mol. The number of esters is 1. The first-order valence-corrected chi connectivity index (χ1v) is 25.0. The van der Waals surface area contributed by atoms with Crippen molar-refractivity contribution in [2.24, 2.45) is 10.6 Å². The summed E-state index contributed by atoms with van der Waals surface area (Å²) < 4.78 is 8.08. The van der Waals surface area contributed by atoms with Gasteiger partial charge >= 0.3 is 5.97 Å². The van der Waals surface area contributed by atoms with Gasteiger partial charge in [-0.25, -0.2) is 4.98 Å². The second kappa shape index (κ2) is 20.6. The van der Waals surface area contributed by atoms with Gasteiger partial charge in [0.1, 0.15) is 35.2 Å². The van der Waals surface area contributed by atoms with Gasteiger partial charge in [0.05, 0.1) is 12.7 Å². The number of phenols is 1. The van der Waals surface area contributed by atoms with E-state index in [0.29, 0.717) is 16.3 Å². The predicted molar refractivity (Wildman–Crippen MR) is 278 cm³/mol. The molecule has 0 spiro atoms. The average Bonchev–Trinajstić information content (AvgIpc) is 3.89. The Labute approximate surface area is 423 Å². The number of phenolic OH excluding ortho intramolecular Hbond substituents is 1. The van der Waals surface area contributed by atoms with Gasteiger partial charge in [-0.1, -0.05) is 169 Å². The normalized spacial score (nSPS) is 17.8. The lowest BCUT2D eigenvalue weighted by Crippen LogP contribution is -2.74. The molecule has 0 bridgehead atoms. The number of aromatic hydroxyl groups is 1. The van der Waals surface area contributed by atoms with Gasteiger partial charge in [0.2, 0.25) is 11.3 Å². The van der Waals surface area contributed by atoms with Crippen molar-refractivity contribution in [1.29, 1.82) is 0 Å². The number of β-lactam (4-membered cyclic amide) rings is 1. The lowest BCUT2D eigenvalue weighted by molar-refractivity contribution is -0.162. The summed E-state index contributed by atoms with van der Waals surface area (Å²) in [5.74, 6) is -1.73. The van der Waals surface area contributed by atoms with Gasteiger partial charge in [0.15, 0.2) is 22.7 Å². The molecular formula is C56H47N7O7S2. The van der Waals surface area contributed by atoms with E-state index in [2.05, 4.69) is 57.3 Å². The molecule has 1 aliphatic carbocycles. The van der Waals surface area contributed by atoms with Crippen LogP contribution < -0.4 is 16.1 Å². The largest absolute Gasteiger partial charge is 0.504 e. The molecule has 5 aromatic carbocycles. The molecule has 14 nitrogen and oxygen atoms in total. The highest BCUT2D eigenvalue weighted by molar-refractivity contribution is 8.00. The Kier molecular flexibility index (Phi) is 13.5. The van der Waals surface area contributed by atoms with E-state index in [1.54, 1.807) is 33.3 Å². The number of carbonyl (C=O) groups is 3. The van der Waals surface area contributed by atoms with Crippen molar-refractivity contribution in [3.63, 3.8) is 0 Å². The first kappa shape index (κ1) is 47.3. The zero-order chi connectivity index (χ0) is 49.7. The highest BCUT2D eigenvalue weighted by Gasteiger charge is 2.57. The van der Waals surface area contributed by atoms with Gasteiger partial charge in [-0.3, -0.25) is 23.9 Å². The molecule has 2 unspecified atom stereocenters. The van der Waals surface area contributed by atoms with Crippen molar-refractivity contribution in [2.45, 2.75) is 29.6 Å². The highest BCUT2D eigenvalue weighted by atomic mass is 32.2. The number of ether oxygens (including phenoxy) is 1. The van der Waals surface area contributed by atoms with E-state index in [4.69, 9.17) is 14.6 Å². The summed E-state index contributed by atoms with van der Waals surface area (Å²) in [5.41, 5.74) is 3.10. The van der Waals surface area contributed by atoms with Gasteiger partial charge in [0.25, 0.3) is 5.91 Å². The Hall–Kier alpha value is -8.34. The topological polar surface area (TPSA) is 177 Å². The molecule has 4 heterocycles. The summed E-state index contributed by atoms with van der Waals surface area (Å²) in [6, 6.07) is 51.0. The van der Waals surface area contributed by atoms with E-state index in [-0.39, 0.29) is 41.9 Å². The van der Waals surface area contributed by atoms with E-state index in [1.165, 1.54) is 48.5 Å². The number of hydrogen-bond donors (Lipinski definition) is 3. The number of rotatable bonds is 16. The molecule has 3 aliphatic heterocycles. The number of fused-ring (bicyclic) bond motifs is 2. The minimum atomic E-state index is -1.32. The quantitative estimate of drug-likeness (QED) is 0.0212. The fourth-order valence-electron chi connectivity index (χ4n) is 9.22. The number of nitrogens with one attached hydrogen (secondary N) is 2. The molecule has 2 amide bonds. The molecule has 2 saturated heterocycles. The third kappa shape index (κ3) is 9.36. The van der Waals surface area contributed by atoms with E-state index in [0.717, 1.165) is 27.8 Å². The van der Waals surface area contributed by atoms with E-state index in [9.17, 15) is 24.3 Å². The van der Waals surface area contributed by atoms with Crippen LogP contribution in [0.4, 0.5) is 5.13 Å². The van der Waals surface area contributed by atoms with Crippen LogP contribution in [0.1, 0.15) is 39.6 Å². The summed E-state index contributed by atoms with van der Waals surface area (Å²) in [5, 5.41) is 27.0. The van der Waals surface area contributed by atoms with Crippen molar-refractivity contribution in [3.05, 3.63) is 237 Å². The monoisotopic (exact) mass is 993 g/mol. The number of amides is 2. The van der Waals surface area contributed by atoms with Crippen molar-refractivity contribution in [1.82, 2.24) is 25.0 Å². The maximum absolute atomic E-state index is 14.8. The minimum Gasteiger partial charge on any atom is -0.504 e. The molecule has 6 aromatic rings. The number of benzene rings is 6. The van der Waals surface area contributed by atoms with Crippen molar-refractivity contribution in [3.8, 4) is 16.9 Å². The molecule has 72 heavy (non-hydrogen) atoms. The van der Waals surface area contributed by atoms with Gasteiger partial charge in [-0.05, 0) is 39.9 Å². The standard InChI is InChI=1S/C56H47N7O7S2/c1-69-61-47(44-34-71-54(58-44)60-56(41-22-11-4-12-23-41,42-24-13-5-14-25-42)43-26-15-6-16-27-43)50(66)59-48-51(67)63-35-55(36-72-52(48)63,28-17-29-62-33-40-31-46(65)45(64)30-39(40)32-57-62)53(68)70-49(37-18-7-2-8-19-37)38-20-9-3-10-21-38/h2-28,30-34,48-49,52,65H,29,35-36H2,1H3,(H,58,60)(H,59,66)/t48?,52-,55?/m1/s1. The Morgan fingerprint density at radius 3 is 2.01 bits per heavy atom. The van der Waals surface area contributed by atoms with Gasteiger partial charge in [-0.2, -0.15) is 5.10 Å². The van der Waals surface area contributed by atoms with E-state index >= 15 is 0 Å². The van der Waals surface area contributed by atoms with Crippen LogP contribution in [0.25, 0.3) is 11.1 Å². The van der Waals surface area contributed by atoms with E-state index < -0.39 is 45.8 Å². The van der Waals surface area contributed by atoms with Crippen LogP contribution >= 0.6 is 23.1 Å². The van der Waals surface area contributed by atoms with Crippen LogP contribution in [0.15, 0.2) is 204 Å². The van der Waals surface area contributed by atoms with Crippen molar-refractivity contribution < 1.29 is 29.1 Å². The number of aromatic nitrogens is 3. The first-order valence-electron chi connectivity index (χ1n) is 23.1. The number of thioether (sulfide) groups is 1. The van der Waals surface area contributed by atoms with Gasteiger partial charge in [0, 0.05) is 35.0 Å². The summed E-state index contributed by atoms with van der Waals surface area (Å²) >= 11 is 2.66. The smallest absolute Gasteiger partial charge is 0.319 e. The molecule has 0 saturated carbocycles. The van der Waals surface area contributed by atoms with Crippen LogP contribution in [0, 0.1) is 5.41 Å². The van der Waals surface area contributed by atoms with Crippen LogP contribution in [0.5, 0.6) is 5.75 Å². The predicted octanol–water partition coefficient (Wildman–Crippen LogP) is 8.24. The molecule has 2 fully saturated rings. The number of hydrogen-bond acceptors (Lipinski definition) is 13. The Morgan fingerprint density at radius 1 is 0.847 bits per heavy atom. The maximum Gasteiger partial charge on any atom is 0.319 e. The van der Waals surface area contributed by atoms with Crippen LogP contribution in [-0.4, -0.2) is 79.1 Å². The number of anilines is 1. The summed E-state index contributed by atoms with van der Waals surface area (Å²) in [4.78, 5) is 67.0. The summed E-state index contributed by atoms with van der Waals surface area (Å²) in [7, 11) is 1.34. The fraction of sp³-hybridized carbons (Fsp3) is 0.161. The van der Waals surface area contributed by atoms with Crippen LogP contribution in [0.3, 0.4) is 0 Å². The SMILES string of the molecule is CON=C(C(=O)NC1C(=O)N2CC(C=CCn3cc4cc(O)c(=O)cc-4cn3)(C(=O)OC(c3ccccc3)c3ccccc3)CS[C@H]12)c1csc(NC(c2ccccc2)(c2ccccc2)c2ccccc2)n1. The first-order chi connectivity index (χ1) is 35.2. The summed E-state index contributed by atoms with van der Waals surface area (Å²) in [6.07, 6.45) is 6.05. The molecule has 0 radical (unpaired) electrons. The second-order valence-electron chi connectivity index (χ2n) is 17.4. The number of allylic oxidation sites excluding steroid dienone is 1. The second-order valence-corrected chi connectivity index (χ2v) is 19.3. The van der Waals surface area contributed by atoms with Gasteiger partial charge < -0.3 is 30.2 Å². The summed E-state index contributed by atoms with van der Waals surface area (Å²) in [6.45, 7) is 0.192. The van der Waals surface area contributed by atoms with Crippen LogP contribution in [0.2, 0.25) is 0 Å². The minimum absolute atomic E-state index is 0.0242. The molecule has 10 rings (SSSR count). The Morgan fingerprint density at radius 2 is 1.43 bits per heavy atom.